The Morgan fingerprint density at radius 1 is 0.405 bits per heavy atom. The highest BCUT2D eigenvalue weighted by molar-refractivity contribution is 7.26. The number of hydrogen-bond donors (Lipinski definition) is 0. The molecule has 0 atom stereocenters. The molecule has 4 aromatic carbocycles. The molecule has 0 amide bonds. The van der Waals surface area contributed by atoms with Gasteiger partial charge in [-0.25, -0.2) is 0 Å². The molecule has 0 bridgehead atoms. The van der Waals surface area contributed by atoms with Gasteiger partial charge in [0.2, 0.25) is 0 Å². The lowest BCUT2D eigenvalue weighted by Gasteiger charge is -2.07. The molecule has 0 radical (unpaired) electrons. The molecule has 174 valence electrons. The van der Waals surface area contributed by atoms with Gasteiger partial charge in [-0.15, -0.1) is 11.3 Å². The average molecular weight is 491 g/mol. The zero-order valence-electron chi connectivity index (χ0n) is 20.0. The number of aromatic nitrogens is 2. The third-order valence-corrected chi connectivity index (χ3v) is 8.15. The number of fused-ring (bicyclic) bond motifs is 3. The van der Waals surface area contributed by atoms with Crippen LogP contribution in [0.4, 0.5) is 0 Å². The highest BCUT2D eigenvalue weighted by Crippen LogP contribution is 2.44. The predicted octanol–water partition coefficient (Wildman–Crippen LogP) is 9.51. The Morgan fingerprint density at radius 3 is 1.30 bits per heavy atom. The van der Waals surface area contributed by atoms with E-state index in [1.165, 1.54) is 53.6 Å². The number of nitrogens with zero attached hydrogens (tertiary/aromatic N) is 2. The van der Waals surface area contributed by atoms with Crippen LogP contribution in [0.15, 0.2) is 134 Å². The normalized spacial score (nSPS) is 11.2. The second kappa shape index (κ2) is 9.12. The van der Waals surface area contributed by atoms with Crippen molar-refractivity contribution in [3.8, 4) is 44.5 Å². The van der Waals surface area contributed by atoms with Crippen LogP contribution in [-0.2, 0) is 0 Å². The van der Waals surface area contributed by atoms with E-state index in [2.05, 4.69) is 107 Å². The molecular formula is C34H22N2S. The summed E-state index contributed by atoms with van der Waals surface area (Å²) in [5.74, 6) is 0. The van der Waals surface area contributed by atoms with Crippen molar-refractivity contribution in [2.75, 3.05) is 0 Å². The van der Waals surface area contributed by atoms with Crippen LogP contribution in [-0.4, -0.2) is 9.97 Å². The second-order valence-corrected chi connectivity index (χ2v) is 10.1. The van der Waals surface area contributed by atoms with E-state index in [4.69, 9.17) is 0 Å². The highest BCUT2D eigenvalue weighted by Gasteiger charge is 2.14. The van der Waals surface area contributed by atoms with Crippen molar-refractivity contribution in [2.24, 2.45) is 0 Å². The van der Waals surface area contributed by atoms with Gasteiger partial charge in [-0.2, -0.15) is 0 Å². The van der Waals surface area contributed by atoms with Gasteiger partial charge in [0, 0.05) is 56.1 Å². The Morgan fingerprint density at radius 2 is 0.838 bits per heavy atom. The highest BCUT2D eigenvalue weighted by atomic mass is 32.1. The van der Waals surface area contributed by atoms with E-state index in [0.29, 0.717) is 0 Å². The Labute approximate surface area is 219 Å². The molecule has 3 heterocycles. The van der Waals surface area contributed by atoms with Gasteiger partial charge in [0.1, 0.15) is 0 Å². The third kappa shape index (κ3) is 3.90. The zero-order chi connectivity index (χ0) is 24.6. The van der Waals surface area contributed by atoms with E-state index in [0.717, 1.165) is 11.1 Å². The first-order chi connectivity index (χ1) is 18.3. The van der Waals surface area contributed by atoms with Gasteiger partial charge < -0.3 is 0 Å². The quantitative estimate of drug-likeness (QED) is 0.245. The largest absolute Gasteiger partial charge is 0.264 e. The minimum absolute atomic E-state index is 1.13. The number of pyridine rings is 2. The van der Waals surface area contributed by atoms with Crippen molar-refractivity contribution >= 4 is 31.5 Å². The maximum atomic E-state index is 4.30. The molecule has 0 saturated carbocycles. The number of benzene rings is 4. The van der Waals surface area contributed by atoms with E-state index in [1.54, 1.807) is 0 Å². The first-order valence-corrected chi connectivity index (χ1v) is 13.1. The van der Waals surface area contributed by atoms with Gasteiger partial charge in [-0.05, 0) is 57.6 Å². The fourth-order valence-corrected chi connectivity index (χ4v) is 6.45. The number of hydrogen-bond acceptors (Lipinski definition) is 3. The lowest BCUT2D eigenvalue weighted by atomic mass is 9.97. The smallest absolute Gasteiger partial charge is 0.0434 e. The molecule has 3 heteroatoms. The SMILES string of the molecule is c1cncc(-c2cccc(-c3cccc4c3sc3c(-c5cccc(-c6cccnc6)c5)cccc34)c2)c1. The topological polar surface area (TPSA) is 25.8 Å². The lowest BCUT2D eigenvalue weighted by Crippen LogP contribution is -1.82. The summed E-state index contributed by atoms with van der Waals surface area (Å²) < 4.78 is 2.63. The molecule has 3 aromatic heterocycles. The van der Waals surface area contributed by atoms with Crippen molar-refractivity contribution in [3.63, 3.8) is 0 Å². The summed E-state index contributed by atoms with van der Waals surface area (Å²) >= 11 is 1.88. The third-order valence-electron chi connectivity index (χ3n) is 6.86. The van der Waals surface area contributed by atoms with E-state index in [9.17, 15) is 0 Å². The van der Waals surface area contributed by atoms with E-state index in [1.807, 2.05) is 48.3 Å². The van der Waals surface area contributed by atoms with Crippen LogP contribution in [0.25, 0.3) is 64.7 Å². The molecule has 7 aromatic rings. The van der Waals surface area contributed by atoms with Crippen molar-refractivity contribution < 1.29 is 0 Å². The van der Waals surface area contributed by atoms with Crippen molar-refractivity contribution in [3.05, 3.63) is 134 Å². The zero-order valence-corrected chi connectivity index (χ0v) is 20.8. The fraction of sp³-hybridized carbons (Fsp3) is 0. The van der Waals surface area contributed by atoms with E-state index >= 15 is 0 Å². The Hall–Kier alpha value is -4.60. The van der Waals surface area contributed by atoms with E-state index in [-0.39, 0.29) is 0 Å². The monoisotopic (exact) mass is 490 g/mol. The summed E-state index contributed by atoms with van der Waals surface area (Å²) in [5, 5.41) is 2.60. The number of rotatable bonds is 4. The summed E-state index contributed by atoms with van der Waals surface area (Å²) in [4.78, 5) is 8.61. The average Bonchev–Trinajstić information content (AvgIpc) is 3.37. The molecule has 2 nitrogen and oxygen atoms in total. The van der Waals surface area contributed by atoms with Crippen LogP contribution >= 0.6 is 11.3 Å². The lowest BCUT2D eigenvalue weighted by molar-refractivity contribution is 1.33. The van der Waals surface area contributed by atoms with Gasteiger partial charge in [-0.3, -0.25) is 9.97 Å². The first-order valence-electron chi connectivity index (χ1n) is 12.3. The second-order valence-electron chi connectivity index (χ2n) is 9.11. The van der Waals surface area contributed by atoms with Crippen molar-refractivity contribution in [1.82, 2.24) is 9.97 Å². The summed E-state index contributed by atoms with van der Waals surface area (Å²) in [6.07, 6.45) is 7.47. The Kier molecular flexibility index (Phi) is 5.34. The van der Waals surface area contributed by atoms with Gasteiger partial charge in [0.05, 0.1) is 0 Å². The summed E-state index contributed by atoms with van der Waals surface area (Å²) in [6.45, 7) is 0. The maximum Gasteiger partial charge on any atom is 0.0434 e. The van der Waals surface area contributed by atoms with Crippen molar-refractivity contribution in [1.29, 1.82) is 0 Å². The molecule has 0 N–H and O–H groups in total. The molecule has 0 fully saturated rings. The molecular weight excluding hydrogens is 468 g/mol. The van der Waals surface area contributed by atoms with Gasteiger partial charge in [0.15, 0.2) is 0 Å². The maximum absolute atomic E-state index is 4.30. The molecule has 0 saturated heterocycles. The van der Waals surface area contributed by atoms with Crippen molar-refractivity contribution in [2.45, 2.75) is 0 Å². The minimum Gasteiger partial charge on any atom is -0.264 e. The molecule has 0 aliphatic carbocycles. The summed E-state index contributed by atoms with van der Waals surface area (Å²) in [5.41, 5.74) is 9.58. The van der Waals surface area contributed by atoms with Crippen LogP contribution in [0, 0.1) is 0 Å². The molecule has 0 aliphatic rings. The Balaban J connectivity index is 1.39. The molecule has 0 aliphatic heterocycles. The van der Waals surface area contributed by atoms with Crippen LogP contribution in [0.3, 0.4) is 0 Å². The van der Waals surface area contributed by atoms with Crippen LogP contribution < -0.4 is 0 Å². The minimum atomic E-state index is 1.13. The van der Waals surface area contributed by atoms with Gasteiger partial charge >= 0.3 is 0 Å². The van der Waals surface area contributed by atoms with E-state index < -0.39 is 0 Å². The van der Waals surface area contributed by atoms with Crippen LogP contribution in [0.5, 0.6) is 0 Å². The fourth-order valence-electron chi connectivity index (χ4n) is 5.07. The molecule has 7 rings (SSSR count). The number of thiophene rings is 1. The summed E-state index contributed by atoms with van der Waals surface area (Å²) in [7, 11) is 0. The Bertz CT molecular complexity index is 1730. The molecule has 37 heavy (non-hydrogen) atoms. The predicted molar refractivity (Wildman–Crippen MR) is 157 cm³/mol. The first kappa shape index (κ1) is 21.7. The van der Waals surface area contributed by atoms with Crippen LogP contribution in [0.2, 0.25) is 0 Å². The van der Waals surface area contributed by atoms with Gasteiger partial charge in [0.25, 0.3) is 0 Å². The van der Waals surface area contributed by atoms with Gasteiger partial charge in [-0.1, -0.05) is 84.9 Å². The molecule has 0 unspecified atom stereocenters. The summed E-state index contributed by atoms with van der Waals surface area (Å²) in [6, 6.07) is 39.1. The van der Waals surface area contributed by atoms with Crippen LogP contribution in [0.1, 0.15) is 0 Å². The standard InChI is InChI=1S/C34H22N2S/c1-7-23(27-11-5-17-35-21-27)19-25(9-1)29-13-3-15-31-32-16-4-14-30(34(32)37-33(29)31)26-10-2-8-24(20-26)28-12-6-18-36-22-28/h1-22H. The molecule has 0 spiro atoms.